The van der Waals surface area contributed by atoms with Gasteiger partial charge in [-0.3, -0.25) is 4.79 Å². The molecule has 13 heavy (non-hydrogen) atoms. The second-order valence-electron chi connectivity index (χ2n) is 3.65. The van der Waals surface area contributed by atoms with Crippen LogP contribution in [0.25, 0.3) is 0 Å². The highest BCUT2D eigenvalue weighted by molar-refractivity contribution is 7.12. The van der Waals surface area contributed by atoms with Crippen molar-refractivity contribution >= 4 is 17.2 Å². The lowest BCUT2D eigenvalue weighted by atomic mass is 10.1. The van der Waals surface area contributed by atoms with E-state index >= 15 is 0 Å². The van der Waals surface area contributed by atoms with E-state index < -0.39 is 0 Å². The Morgan fingerprint density at radius 3 is 2.85 bits per heavy atom. The highest BCUT2D eigenvalue weighted by Gasteiger charge is 2.13. The topological polar surface area (TPSA) is 55.1 Å². The summed E-state index contributed by atoms with van der Waals surface area (Å²) in [5, 5.41) is 4.65. The summed E-state index contributed by atoms with van der Waals surface area (Å²) < 4.78 is 0. The zero-order valence-electron chi connectivity index (χ0n) is 7.83. The SMILES string of the molecule is CC(C)(N)CNC(=O)c1cccs1. The molecule has 3 N–H and O–H groups in total. The Kier molecular flexibility index (Phi) is 3.06. The van der Waals surface area contributed by atoms with Crippen LogP contribution in [0.5, 0.6) is 0 Å². The maximum atomic E-state index is 11.4. The fourth-order valence-electron chi connectivity index (χ4n) is 0.803. The zero-order chi connectivity index (χ0) is 9.90. The monoisotopic (exact) mass is 198 g/mol. The lowest BCUT2D eigenvalue weighted by Crippen LogP contribution is -2.44. The molecule has 1 aromatic heterocycles. The van der Waals surface area contributed by atoms with Crippen molar-refractivity contribution in [2.45, 2.75) is 19.4 Å². The standard InChI is InChI=1S/C9H14N2OS/c1-9(2,10)6-11-8(12)7-4-3-5-13-7/h3-5H,6,10H2,1-2H3,(H,11,12). The maximum Gasteiger partial charge on any atom is 0.261 e. The van der Waals surface area contributed by atoms with E-state index in [0.29, 0.717) is 6.54 Å². The van der Waals surface area contributed by atoms with Crippen molar-refractivity contribution < 1.29 is 4.79 Å². The van der Waals surface area contributed by atoms with Gasteiger partial charge >= 0.3 is 0 Å². The highest BCUT2D eigenvalue weighted by Crippen LogP contribution is 2.07. The molecule has 3 nitrogen and oxygen atoms in total. The van der Waals surface area contributed by atoms with Crippen molar-refractivity contribution in [2.75, 3.05) is 6.54 Å². The fourth-order valence-corrected chi connectivity index (χ4v) is 1.44. The van der Waals surface area contributed by atoms with Crippen LogP contribution in [0.3, 0.4) is 0 Å². The number of carbonyl (C=O) groups is 1. The van der Waals surface area contributed by atoms with Crippen LogP contribution in [0.1, 0.15) is 23.5 Å². The van der Waals surface area contributed by atoms with Gasteiger partial charge in [-0.15, -0.1) is 11.3 Å². The second kappa shape index (κ2) is 3.89. The molecule has 0 aromatic carbocycles. The Morgan fingerprint density at radius 2 is 2.38 bits per heavy atom. The van der Waals surface area contributed by atoms with Crippen molar-refractivity contribution in [1.29, 1.82) is 0 Å². The third-order valence-electron chi connectivity index (χ3n) is 1.45. The van der Waals surface area contributed by atoms with Crippen molar-refractivity contribution in [3.05, 3.63) is 22.4 Å². The van der Waals surface area contributed by atoms with Gasteiger partial charge in [0.15, 0.2) is 0 Å². The molecule has 1 rings (SSSR count). The summed E-state index contributed by atoms with van der Waals surface area (Å²) in [6, 6.07) is 3.65. The van der Waals surface area contributed by atoms with Gasteiger partial charge in [0.25, 0.3) is 5.91 Å². The normalized spacial score (nSPS) is 11.3. The molecule has 72 valence electrons. The van der Waals surface area contributed by atoms with Gasteiger partial charge in [0.1, 0.15) is 0 Å². The van der Waals surface area contributed by atoms with Crippen LogP contribution in [0.4, 0.5) is 0 Å². The van der Waals surface area contributed by atoms with Gasteiger partial charge in [-0.1, -0.05) is 6.07 Å². The third kappa shape index (κ3) is 3.57. The number of hydrogen-bond acceptors (Lipinski definition) is 3. The minimum absolute atomic E-state index is 0.0477. The van der Waals surface area contributed by atoms with E-state index in [9.17, 15) is 4.79 Å². The molecule has 4 heteroatoms. The highest BCUT2D eigenvalue weighted by atomic mass is 32.1. The van der Waals surface area contributed by atoms with Crippen molar-refractivity contribution in [1.82, 2.24) is 5.32 Å². The number of amides is 1. The van der Waals surface area contributed by atoms with Gasteiger partial charge in [0.05, 0.1) is 4.88 Å². The minimum Gasteiger partial charge on any atom is -0.350 e. The molecule has 0 saturated carbocycles. The predicted octanol–water partition coefficient (Wildman–Crippen LogP) is 1.22. The van der Waals surface area contributed by atoms with E-state index in [1.165, 1.54) is 11.3 Å². The van der Waals surface area contributed by atoms with E-state index in [4.69, 9.17) is 5.73 Å². The summed E-state index contributed by atoms with van der Waals surface area (Å²) in [4.78, 5) is 12.1. The molecule has 0 bridgehead atoms. The van der Waals surface area contributed by atoms with Crippen molar-refractivity contribution in [3.8, 4) is 0 Å². The van der Waals surface area contributed by atoms with E-state index in [0.717, 1.165) is 4.88 Å². The number of thiophene rings is 1. The average molecular weight is 198 g/mol. The molecule has 0 spiro atoms. The Morgan fingerprint density at radius 1 is 1.69 bits per heavy atom. The summed E-state index contributed by atoms with van der Waals surface area (Å²) in [5.41, 5.74) is 5.37. The summed E-state index contributed by atoms with van der Waals surface area (Å²) >= 11 is 1.43. The molecule has 0 aliphatic carbocycles. The summed E-state index contributed by atoms with van der Waals surface area (Å²) in [7, 11) is 0. The molecule has 0 atom stereocenters. The first-order valence-corrected chi connectivity index (χ1v) is 4.97. The first kappa shape index (κ1) is 10.2. The van der Waals surface area contributed by atoms with E-state index in [2.05, 4.69) is 5.32 Å². The molecular weight excluding hydrogens is 184 g/mol. The van der Waals surface area contributed by atoms with Crippen LogP contribution < -0.4 is 11.1 Å². The van der Waals surface area contributed by atoms with E-state index in [-0.39, 0.29) is 11.4 Å². The maximum absolute atomic E-state index is 11.4. The number of nitrogens with two attached hydrogens (primary N) is 1. The molecule has 0 unspecified atom stereocenters. The molecule has 0 radical (unpaired) electrons. The predicted molar refractivity (Wildman–Crippen MR) is 54.9 cm³/mol. The van der Waals surface area contributed by atoms with Gasteiger partial charge < -0.3 is 11.1 Å². The van der Waals surface area contributed by atoms with Crippen molar-refractivity contribution in [2.24, 2.45) is 5.73 Å². The minimum atomic E-state index is -0.354. The Bertz CT molecular complexity index is 274. The lowest BCUT2D eigenvalue weighted by molar-refractivity contribution is 0.0950. The van der Waals surface area contributed by atoms with E-state index in [1.807, 2.05) is 25.3 Å². The largest absolute Gasteiger partial charge is 0.350 e. The van der Waals surface area contributed by atoms with Crippen molar-refractivity contribution in [3.63, 3.8) is 0 Å². The molecule has 1 heterocycles. The Labute approximate surface area is 81.9 Å². The number of carbonyl (C=O) groups excluding carboxylic acids is 1. The zero-order valence-corrected chi connectivity index (χ0v) is 8.65. The number of nitrogens with one attached hydrogen (secondary N) is 1. The molecule has 0 aliphatic heterocycles. The molecular formula is C9H14N2OS. The van der Waals surface area contributed by atoms with Crippen LogP contribution in [-0.4, -0.2) is 18.0 Å². The number of hydrogen-bond donors (Lipinski definition) is 2. The molecule has 1 aromatic rings. The lowest BCUT2D eigenvalue weighted by Gasteiger charge is -2.18. The van der Waals surface area contributed by atoms with Gasteiger partial charge in [0.2, 0.25) is 0 Å². The third-order valence-corrected chi connectivity index (χ3v) is 2.32. The van der Waals surface area contributed by atoms with Gasteiger partial charge in [-0.25, -0.2) is 0 Å². The Hall–Kier alpha value is -0.870. The van der Waals surface area contributed by atoms with Crippen LogP contribution in [-0.2, 0) is 0 Å². The summed E-state index contributed by atoms with van der Waals surface area (Å²) in [5.74, 6) is -0.0477. The molecule has 0 saturated heterocycles. The van der Waals surface area contributed by atoms with Crippen LogP contribution in [0.2, 0.25) is 0 Å². The molecule has 1 amide bonds. The first-order chi connectivity index (χ1) is 5.99. The summed E-state index contributed by atoms with van der Waals surface area (Å²) in [6.07, 6.45) is 0. The molecule has 0 aliphatic rings. The van der Waals surface area contributed by atoms with Crippen LogP contribution >= 0.6 is 11.3 Å². The second-order valence-corrected chi connectivity index (χ2v) is 4.60. The average Bonchev–Trinajstić information content (AvgIpc) is 2.50. The van der Waals surface area contributed by atoms with Crippen LogP contribution in [0.15, 0.2) is 17.5 Å². The smallest absolute Gasteiger partial charge is 0.261 e. The fraction of sp³-hybridized carbons (Fsp3) is 0.444. The first-order valence-electron chi connectivity index (χ1n) is 4.10. The quantitative estimate of drug-likeness (QED) is 0.767. The Balaban J connectivity index is 2.44. The van der Waals surface area contributed by atoms with Gasteiger partial charge in [0, 0.05) is 12.1 Å². The summed E-state index contributed by atoms with van der Waals surface area (Å²) in [6.45, 7) is 4.24. The number of rotatable bonds is 3. The van der Waals surface area contributed by atoms with Gasteiger partial charge in [-0.05, 0) is 25.3 Å². The van der Waals surface area contributed by atoms with Crippen LogP contribution in [0, 0.1) is 0 Å². The van der Waals surface area contributed by atoms with E-state index in [1.54, 1.807) is 6.07 Å². The van der Waals surface area contributed by atoms with Gasteiger partial charge in [-0.2, -0.15) is 0 Å². The molecule has 0 fully saturated rings.